The van der Waals surface area contributed by atoms with Gasteiger partial charge in [0, 0.05) is 34.4 Å². The molecule has 8 heteroatoms. The maximum absolute atomic E-state index is 12.2. The Morgan fingerprint density at radius 2 is 1.91 bits per heavy atom. The highest BCUT2D eigenvalue weighted by Gasteiger charge is 2.17. The van der Waals surface area contributed by atoms with Gasteiger partial charge in [-0.25, -0.2) is 14.8 Å². The Morgan fingerprint density at radius 1 is 1.18 bits per heavy atom. The Kier molecular flexibility index (Phi) is 3.09. The smallest absolute Gasteiger partial charge is 0.332 e. The van der Waals surface area contributed by atoms with Gasteiger partial charge in [0.15, 0.2) is 5.65 Å². The fraction of sp³-hybridized carbons (Fsp3) is 0.286. The number of hydrogen-bond donors (Lipinski definition) is 1. The average molecular weight is 300 g/mol. The quantitative estimate of drug-likeness (QED) is 0.724. The summed E-state index contributed by atoms with van der Waals surface area (Å²) in [4.78, 5) is 37.8. The van der Waals surface area contributed by atoms with Crippen molar-refractivity contribution >= 4 is 17.0 Å². The van der Waals surface area contributed by atoms with E-state index in [1.54, 1.807) is 19.3 Å². The van der Waals surface area contributed by atoms with Crippen LogP contribution in [-0.4, -0.2) is 38.2 Å². The van der Waals surface area contributed by atoms with Gasteiger partial charge in [-0.2, -0.15) is 0 Å². The summed E-state index contributed by atoms with van der Waals surface area (Å²) in [6.45, 7) is 0. The van der Waals surface area contributed by atoms with Gasteiger partial charge < -0.3 is 9.88 Å². The highest BCUT2D eigenvalue weighted by molar-refractivity contribution is 5.79. The number of aryl methyl sites for hydroxylation is 1. The van der Waals surface area contributed by atoms with Crippen molar-refractivity contribution < 1.29 is 0 Å². The van der Waals surface area contributed by atoms with Crippen LogP contribution in [0, 0.1) is 0 Å². The maximum atomic E-state index is 12.2. The summed E-state index contributed by atoms with van der Waals surface area (Å²) < 4.78 is 2.41. The zero-order valence-electron chi connectivity index (χ0n) is 12.8. The third kappa shape index (κ3) is 1.92. The molecule has 0 aliphatic rings. The molecule has 0 saturated carbocycles. The first kappa shape index (κ1) is 14.1. The van der Waals surface area contributed by atoms with Gasteiger partial charge >= 0.3 is 5.69 Å². The number of rotatable bonds is 2. The van der Waals surface area contributed by atoms with Gasteiger partial charge in [0.25, 0.3) is 5.56 Å². The Hall–Kier alpha value is -2.90. The number of pyridine rings is 1. The van der Waals surface area contributed by atoms with E-state index in [-0.39, 0.29) is 0 Å². The molecule has 3 heterocycles. The standard InChI is InChI=1S/C14H16N6O2/c1-18(2)11-8(6-5-7-15-11)10-16-9-12(17-10)19(3)14(22)20(4)13(9)21/h5-7H,1-4H3,(H,16,17). The van der Waals surface area contributed by atoms with Crippen molar-refractivity contribution in [2.45, 2.75) is 0 Å². The van der Waals surface area contributed by atoms with Gasteiger partial charge in [-0.3, -0.25) is 13.9 Å². The molecule has 0 radical (unpaired) electrons. The van der Waals surface area contributed by atoms with E-state index < -0.39 is 11.2 Å². The minimum absolute atomic E-state index is 0.299. The molecule has 3 aromatic heterocycles. The Balaban J connectivity index is 2.36. The Labute approximate surface area is 125 Å². The molecule has 114 valence electrons. The summed E-state index contributed by atoms with van der Waals surface area (Å²) in [6.07, 6.45) is 1.69. The van der Waals surface area contributed by atoms with Crippen LogP contribution in [0.5, 0.6) is 0 Å². The van der Waals surface area contributed by atoms with Crippen molar-refractivity contribution in [3.05, 3.63) is 39.2 Å². The first-order valence-corrected chi connectivity index (χ1v) is 6.70. The number of anilines is 1. The van der Waals surface area contributed by atoms with Crippen LogP contribution in [-0.2, 0) is 14.1 Å². The minimum atomic E-state index is -0.408. The first-order valence-electron chi connectivity index (χ1n) is 6.70. The lowest BCUT2D eigenvalue weighted by Crippen LogP contribution is -2.36. The Bertz CT molecular complexity index is 979. The summed E-state index contributed by atoms with van der Waals surface area (Å²) in [7, 11) is 6.79. The zero-order chi connectivity index (χ0) is 16.0. The molecular weight excluding hydrogens is 284 g/mol. The molecule has 0 spiro atoms. The SMILES string of the molecule is CN(C)c1ncccc1-c1nc2c([nH]1)c(=O)n(C)c(=O)n2C. The molecule has 0 aliphatic carbocycles. The van der Waals surface area contributed by atoms with E-state index in [1.807, 2.05) is 25.1 Å². The molecule has 3 aromatic rings. The first-order chi connectivity index (χ1) is 10.4. The molecular formula is C14H16N6O2. The highest BCUT2D eigenvalue weighted by Crippen LogP contribution is 2.25. The average Bonchev–Trinajstić information content (AvgIpc) is 2.96. The number of nitrogens with one attached hydrogen (secondary N) is 1. The number of imidazole rings is 1. The number of fused-ring (bicyclic) bond motifs is 1. The fourth-order valence-corrected chi connectivity index (χ4v) is 2.39. The molecule has 0 fully saturated rings. The lowest BCUT2D eigenvalue weighted by Gasteiger charge is -2.14. The number of H-pyrrole nitrogens is 1. The van der Waals surface area contributed by atoms with E-state index in [2.05, 4.69) is 15.0 Å². The maximum Gasteiger partial charge on any atom is 0.332 e. The van der Waals surface area contributed by atoms with Crippen molar-refractivity contribution in [2.24, 2.45) is 14.1 Å². The van der Waals surface area contributed by atoms with Gasteiger partial charge in [-0.15, -0.1) is 0 Å². The predicted octanol–water partition coefficient (Wildman–Crippen LogP) is 0.0883. The highest BCUT2D eigenvalue weighted by atomic mass is 16.2. The molecule has 0 aliphatic heterocycles. The second-order valence-electron chi connectivity index (χ2n) is 5.26. The summed E-state index contributed by atoms with van der Waals surface area (Å²) >= 11 is 0. The van der Waals surface area contributed by atoms with Crippen LogP contribution in [0.3, 0.4) is 0 Å². The van der Waals surface area contributed by atoms with E-state index in [0.717, 1.165) is 15.9 Å². The third-order valence-corrected chi connectivity index (χ3v) is 3.56. The van der Waals surface area contributed by atoms with Gasteiger partial charge in [0.05, 0.1) is 5.56 Å². The van der Waals surface area contributed by atoms with Crippen LogP contribution in [0.15, 0.2) is 27.9 Å². The molecule has 0 aromatic carbocycles. The van der Waals surface area contributed by atoms with Crippen LogP contribution in [0.2, 0.25) is 0 Å². The minimum Gasteiger partial charge on any atom is -0.362 e. The Morgan fingerprint density at radius 3 is 2.59 bits per heavy atom. The largest absolute Gasteiger partial charge is 0.362 e. The normalized spacial score (nSPS) is 11.1. The molecule has 1 N–H and O–H groups in total. The van der Waals surface area contributed by atoms with Gasteiger partial charge in [-0.05, 0) is 12.1 Å². The lowest BCUT2D eigenvalue weighted by molar-refractivity contribution is 0.709. The molecule has 0 atom stereocenters. The molecule has 0 amide bonds. The number of nitrogens with zero attached hydrogens (tertiary/aromatic N) is 5. The molecule has 0 unspecified atom stereocenters. The number of aromatic amines is 1. The molecule has 3 rings (SSSR count). The van der Waals surface area contributed by atoms with Crippen molar-refractivity contribution in [3.8, 4) is 11.4 Å². The molecule has 0 saturated heterocycles. The molecule has 22 heavy (non-hydrogen) atoms. The van der Waals surface area contributed by atoms with Gasteiger partial charge in [0.2, 0.25) is 0 Å². The van der Waals surface area contributed by atoms with Crippen LogP contribution in [0.1, 0.15) is 0 Å². The van der Waals surface area contributed by atoms with E-state index in [9.17, 15) is 9.59 Å². The second-order valence-corrected chi connectivity index (χ2v) is 5.26. The summed E-state index contributed by atoms with van der Waals surface area (Å²) in [5.41, 5.74) is 0.588. The zero-order valence-corrected chi connectivity index (χ0v) is 12.8. The predicted molar refractivity (Wildman–Crippen MR) is 84.1 cm³/mol. The van der Waals surface area contributed by atoms with E-state index >= 15 is 0 Å². The summed E-state index contributed by atoms with van der Waals surface area (Å²) in [5.74, 6) is 1.23. The summed E-state index contributed by atoms with van der Waals surface area (Å²) in [5, 5.41) is 0. The van der Waals surface area contributed by atoms with Crippen molar-refractivity contribution in [1.29, 1.82) is 0 Å². The monoisotopic (exact) mass is 300 g/mol. The van der Waals surface area contributed by atoms with Crippen molar-refractivity contribution in [3.63, 3.8) is 0 Å². The van der Waals surface area contributed by atoms with Gasteiger partial charge in [-0.1, -0.05) is 0 Å². The summed E-state index contributed by atoms with van der Waals surface area (Å²) in [6, 6.07) is 3.66. The van der Waals surface area contributed by atoms with Crippen LogP contribution in [0.4, 0.5) is 5.82 Å². The van der Waals surface area contributed by atoms with E-state index in [1.165, 1.54) is 11.6 Å². The molecule has 0 bridgehead atoms. The number of aromatic nitrogens is 5. The van der Waals surface area contributed by atoms with Gasteiger partial charge in [0.1, 0.15) is 17.2 Å². The second kappa shape index (κ2) is 4.83. The van der Waals surface area contributed by atoms with E-state index in [0.29, 0.717) is 17.0 Å². The van der Waals surface area contributed by atoms with Crippen LogP contribution in [0.25, 0.3) is 22.6 Å². The van der Waals surface area contributed by atoms with E-state index in [4.69, 9.17) is 0 Å². The topological polar surface area (TPSA) is 88.8 Å². The van der Waals surface area contributed by atoms with Crippen molar-refractivity contribution in [2.75, 3.05) is 19.0 Å². The number of hydrogen-bond acceptors (Lipinski definition) is 5. The van der Waals surface area contributed by atoms with Crippen LogP contribution < -0.4 is 16.1 Å². The van der Waals surface area contributed by atoms with Crippen molar-refractivity contribution in [1.82, 2.24) is 24.1 Å². The fourth-order valence-electron chi connectivity index (χ4n) is 2.39. The third-order valence-electron chi connectivity index (χ3n) is 3.56. The van der Waals surface area contributed by atoms with Crippen LogP contribution >= 0.6 is 0 Å². The molecule has 8 nitrogen and oxygen atoms in total. The lowest BCUT2D eigenvalue weighted by atomic mass is 10.2.